The number of methoxy groups -OCH3 is 1. The molecule has 1 N–H and O–H groups in total. The number of rotatable bonds is 5. The Morgan fingerprint density at radius 2 is 2.25 bits per heavy atom. The van der Waals surface area contributed by atoms with Crippen molar-refractivity contribution in [1.29, 1.82) is 0 Å². The van der Waals surface area contributed by atoms with E-state index in [2.05, 4.69) is 15.9 Å². The lowest BCUT2D eigenvalue weighted by Crippen LogP contribution is -2.31. The largest absolute Gasteiger partial charge is 0.478 e. The first-order valence-electron chi connectivity index (χ1n) is 4.69. The summed E-state index contributed by atoms with van der Waals surface area (Å²) in [5, 5.41) is 8.91. The lowest BCUT2D eigenvalue weighted by molar-refractivity contribution is -0.147. The Balaban J connectivity index is 2.85. The molecule has 16 heavy (non-hydrogen) atoms. The molecule has 4 nitrogen and oxygen atoms in total. The second-order valence-corrected chi connectivity index (χ2v) is 4.08. The average Bonchev–Trinajstić information content (AvgIpc) is 2.23. The van der Waals surface area contributed by atoms with E-state index in [4.69, 9.17) is 14.6 Å². The standard InChI is InChI=1S/C11H13BrO4/c1-7-4-3-5-8(10(7)12)16-9(6-15-2)11(13)14/h3-5,9H,6H2,1-2H3,(H,13,14). The highest BCUT2D eigenvalue weighted by molar-refractivity contribution is 9.10. The number of benzene rings is 1. The molecule has 0 saturated carbocycles. The number of carboxylic acids is 1. The minimum absolute atomic E-state index is 0.00964. The zero-order valence-corrected chi connectivity index (χ0v) is 10.7. The summed E-state index contributed by atoms with van der Waals surface area (Å²) < 4.78 is 10.9. The number of carbonyl (C=O) groups is 1. The highest BCUT2D eigenvalue weighted by Crippen LogP contribution is 2.28. The summed E-state index contributed by atoms with van der Waals surface area (Å²) in [7, 11) is 1.44. The SMILES string of the molecule is COCC(Oc1cccc(C)c1Br)C(=O)O. The maximum atomic E-state index is 10.9. The number of ether oxygens (including phenoxy) is 2. The van der Waals surface area contributed by atoms with Gasteiger partial charge < -0.3 is 14.6 Å². The number of halogens is 1. The van der Waals surface area contributed by atoms with Crippen molar-refractivity contribution in [2.45, 2.75) is 13.0 Å². The fourth-order valence-corrected chi connectivity index (χ4v) is 1.53. The van der Waals surface area contributed by atoms with Crippen molar-refractivity contribution in [1.82, 2.24) is 0 Å². The normalized spacial score (nSPS) is 12.2. The Morgan fingerprint density at radius 1 is 1.56 bits per heavy atom. The van der Waals surface area contributed by atoms with Gasteiger partial charge in [-0.15, -0.1) is 0 Å². The third-order valence-electron chi connectivity index (χ3n) is 2.02. The van der Waals surface area contributed by atoms with Crippen molar-refractivity contribution in [2.24, 2.45) is 0 Å². The van der Waals surface area contributed by atoms with Gasteiger partial charge in [-0.3, -0.25) is 0 Å². The molecule has 0 aliphatic rings. The third-order valence-corrected chi connectivity index (χ3v) is 3.04. The van der Waals surface area contributed by atoms with E-state index in [1.807, 2.05) is 13.0 Å². The molecule has 0 spiro atoms. The van der Waals surface area contributed by atoms with Crippen LogP contribution in [-0.4, -0.2) is 30.9 Å². The monoisotopic (exact) mass is 288 g/mol. The zero-order valence-electron chi connectivity index (χ0n) is 9.07. The van der Waals surface area contributed by atoms with Gasteiger partial charge >= 0.3 is 5.97 Å². The van der Waals surface area contributed by atoms with Crippen molar-refractivity contribution >= 4 is 21.9 Å². The highest BCUT2D eigenvalue weighted by atomic mass is 79.9. The van der Waals surface area contributed by atoms with Gasteiger partial charge in [0.2, 0.25) is 6.10 Å². The first kappa shape index (κ1) is 13.0. The molecule has 0 fully saturated rings. The number of hydrogen-bond donors (Lipinski definition) is 1. The molecule has 0 aliphatic carbocycles. The Hall–Kier alpha value is -1.07. The van der Waals surface area contributed by atoms with Gasteiger partial charge in [-0.25, -0.2) is 4.79 Å². The van der Waals surface area contributed by atoms with Crippen molar-refractivity contribution in [2.75, 3.05) is 13.7 Å². The Labute approximate surface area is 102 Å². The zero-order chi connectivity index (χ0) is 12.1. The van der Waals surface area contributed by atoms with E-state index in [1.54, 1.807) is 12.1 Å². The van der Waals surface area contributed by atoms with Crippen molar-refractivity contribution < 1.29 is 19.4 Å². The van der Waals surface area contributed by atoms with E-state index in [-0.39, 0.29) is 6.61 Å². The van der Waals surface area contributed by atoms with Gasteiger partial charge in [0.25, 0.3) is 0 Å². The molecule has 1 aromatic carbocycles. The van der Waals surface area contributed by atoms with E-state index in [9.17, 15) is 4.79 Å². The summed E-state index contributed by atoms with van der Waals surface area (Å²) in [6.07, 6.45) is -0.997. The first-order valence-corrected chi connectivity index (χ1v) is 5.49. The number of carboxylic acid groups (broad SMARTS) is 1. The van der Waals surface area contributed by atoms with Gasteiger partial charge in [0, 0.05) is 7.11 Å². The van der Waals surface area contributed by atoms with Crippen LogP contribution in [0.15, 0.2) is 22.7 Å². The molecule has 0 amide bonds. The molecule has 1 aromatic rings. The van der Waals surface area contributed by atoms with Crippen LogP contribution in [0.4, 0.5) is 0 Å². The molecule has 0 aromatic heterocycles. The molecular weight excluding hydrogens is 276 g/mol. The van der Waals surface area contributed by atoms with Crippen LogP contribution in [0, 0.1) is 6.92 Å². The molecule has 0 radical (unpaired) electrons. The van der Waals surface area contributed by atoms with Crippen molar-refractivity contribution in [3.8, 4) is 5.75 Å². The Morgan fingerprint density at radius 3 is 2.81 bits per heavy atom. The fourth-order valence-electron chi connectivity index (χ4n) is 1.17. The van der Waals surface area contributed by atoms with Gasteiger partial charge in [-0.05, 0) is 34.5 Å². The predicted molar refractivity (Wildman–Crippen MR) is 62.8 cm³/mol. The van der Waals surface area contributed by atoms with Gasteiger partial charge in [0.15, 0.2) is 0 Å². The molecular formula is C11H13BrO4. The molecule has 1 rings (SSSR count). The van der Waals surface area contributed by atoms with Crippen LogP contribution in [-0.2, 0) is 9.53 Å². The lowest BCUT2D eigenvalue weighted by Gasteiger charge is -2.15. The molecule has 1 unspecified atom stereocenters. The van der Waals surface area contributed by atoms with Crippen LogP contribution in [0.5, 0.6) is 5.75 Å². The van der Waals surface area contributed by atoms with E-state index in [0.717, 1.165) is 10.0 Å². The number of aryl methyl sites for hydroxylation is 1. The molecule has 0 aliphatic heterocycles. The summed E-state index contributed by atoms with van der Waals surface area (Å²) in [5.41, 5.74) is 0.985. The van der Waals surface area contributed by atoms with Crippen molar-refractivity contribution in [3.63, 3.8) is 0 Å². The van der Waals surface area contributed by atoms with E-state index >= 15 is 0 Å². The minimum atomic E-state index is -1.05. The topological polar surface area (TPSA) is 55.8 Å². The molecule has 1 atom stereocenters. The summed E-state index contributed by atoms with van der Waals surface area (Å²) in [5.74, 6) is -0.542. The van der Waals surface area contributed by atoms with Crippen LogP contribution in [0.1, 0.15) is 5.56 Å². The summed E-state index contributed by atoms with van der Waals surface area (Å²) in [6, 6.07) is 5.42. The second kappa shape index (κ2) is 5.86. The lowest BCUT2D eigenvalue weighted by atomic mass is 10.2. The smallest absolute Gasteiger partial charge is 0.347 e. The van der Waals surface area contributed by atoms with Gasteiger partial charge in [0.05, 0.1) is 11.1 Å². The van der Waals surface area contributed by atoms with E-state index in [0.29, 0.717) is 5.75 Å². The maximum absolute atomic E-state index is 10.9. The number of hydrogen-bond acceptors (Lipinski definition) is 3. The maximum Gasteiger partial charge on any atom is 0.347 e. The number of aliphatic carboxylic acids is 1. The van der Waals surface area contributed by atoms with Crippen LogP contribution in [0.3, 0.4) is 0 Å². The molecule has 5 heteroatoms. The Bertz CT molecular complexity index is 378. The predicted octanol–water partition coefficient (Wildman–Crippen LogP) is 2.24. The van der Waals surface area contributed by atoms with Gasteiger partial charge in [0.1, 0.15) is 5.75 Å². The quantitative estimate of drug-likeness (QED) is 0.903. The molecule has 0 heterocycles. The first-order chi connectivity index (χ1) is 7.56. The molecule has 88 valence electrons. The van der Waals surface area contributed by atoms with Gasteiger partial charge in [-0.1, -0.05) is 12.1 Å². The summed E-state index contributed by atoms with van der Waals surface area (Å²) in [4.78, 5) is 10.9. The van der Waals surface area contributed by atoms with Crippen LogP contribution >= 0.6 is 15.9 Å². The average molecular weight is 289 g/mol. The Kier molecular flexibility index (Phi) is 4.76. The van der Waals surface area contributed by atoms with Crippen molar-refractivity contribution in [3.05, 3.63) is 28.2 Å². The van der Waals surface area contributed by atoms with E-state index < -0.39 is 12.1 Å². The summed E-state index contributed by atoms with van der Waals surface area (Å²) >= 11 is 3.35. The van der Waals surface area contributed by atoms with Crippen LogP contribution in [0.25, 0.3) is 0 Å². The third kappa shape index (κ3) is 3.21. The molecule has 0 bridgehead atoms. The highest BCUT2D eigenvalue weighted by Gasteiger charge is 2.20. The minimum Gasteiger partial charge on any atom is -0.478 e. The van der Waals surface area contributed by atoms with Crippen LogP contribution < -0.4 is 4.74 Å². The van der Waals surface area contributed by atoms with Crippen LogP contribution in [0.2, 0.25) is 0 Å². The van der Waals surface area contributed by atoms with E-state index in [1.165, 1.54) is 7.11 Å². The van der Waals surface area contributed by atoms with Gasteiger partial charge in [-0.2, -0.15) is 0 Å². The molecule has 0 saturated heterocycles. The second-order valence-electron chi connectivity index (χ2n) is 3.29. The fraction of sp³-hybridized carbons (Fsp3) is 0.364. The summed E-state index contributed by atoms with van der Waals surface area (Å²) in [6.45, 7) is 1.92.